The van der Waals surface area contributed by atoms with E-state index in [1.54, 1.807) is 11.3 Å². The minimum absolute atomic E-state index is 0.200. The Morgan fingerprint density at radius 2 is 2.05 bits per heavy atom. The van der Waals surface area contributed by atoms with Gasteiger partial charge in [-0.2, -0.15) is 0 Å². The van der Waals surface area contributed by atoms with Gasteiger partial charge in [-0.05, 0) is 24.3 Å². The van der Waals surface area contributed by atoms with Gasteiger partial charge in [-0.15, -0.1) is 11.3 Å². The first-order valence-electron chi connectivity index (χ1n) is 7.01. The number of benzene rings is 1. The Morgan fingerprint density at radius 1 is 1.30 bits per heavy atom. The van der Waals surface area contributed by atoms with E-state index < -0.39 is 0 Å². The monoisotopic (exact) mass is 311 g/mol. The maximum atomic E-state index is 8.91. The van der Waals surface area contributed by atoms with Crippen molar-refractivity contribution >= 4 is 33.0 Å². The van der Waals surface area contributed by atoms with Crippen LogP contribution >= 0.6 is 22.9 Å². The first-order chi connectivity index (χ1) is 9.53. The Bertz CT molecular complexity index is 565. The van der Waals surface area contributed by atoms with Crippen LogP contribution in [0.15, 0.2) is 24.3 Å². The van der Waals surface area contributed by atoms with Crippen LogP contribution < -0.4 is 5.32 Å². The van der Waals surface area contributed by atoms with Crippen LogP contribution in [-0.4, -0.2) is 18.3 Å². The predicted octanol–water partition coefficient (Wildman–Crippen LogP) is 4.44. The van der Waals surface area contributed by atoms with Gasteiger partial charge in [0.1, 0.15) is 0 Å². The van der Waals surface area contributed by atoms with Crippen molar-refractivity contribution in [1.82, 2.24) is 5.32 Å². The summed E-state index contributed by atoms with van der Waals surface area (Å²) in [5, 5.41) is 14.4. The van der Waals surface area contributed by atoms with Crippen molar-refractivity contribution in [3.8, 4) is 0 Å². The van der Waals surface area contributed by atoms with Crippen LogP contribution in [-0.2, 0) is 6.54 Å². The molecule has 1 aromatic heterocycles. The molecule has 0 fully saturated rings. The highest BCUT2D eigenvalue weighted by molar-refractivity contribution is 7.19. The zero-order valence-electron chi connectivity index (χ0n) is 12.1. The van der Waals surface area contributed by atoms with Crippen LogP contribution in [0.25, 0.3) is 10.1 Å². The molecular formula is C16H22ClNOS. The normalized spacial score (nSPS) is 12.2. The standard InChI is InChI=1S/C16H22ClNOS/c1-16(2,8-5-9-19)11-18-10-14-15(17)12-6-3-4-7-13(12)20-14/h3-4,6-7,18-19H,5,8-11H2,1-2H3. The SMILES string of the molecule is CC(C)(CCCO)CNCc1sc2ccccc2c1Cl. The Labute approximate surface area is 129 Å². The summed E-state index contributed by atoms with van der Waals surface area (Å²) in [6.07, 6.45) is 1.88. The fourth-order valence-electron chi connectivity index (χ4n) is 2.34. The van der Waals surface area contributed by atoms with E-state index in [1.165, 1.54) is 9.58 Å². The topological polar surface area (TPSA) is 32.3 Å². The lowest BCUT2D eigenvalue weighted by atomic mass is 9.88. The molecule has 20 heavy (non-hydrogen) atoms. The van der Waals surface area contributed by atoms with E-state index >= 15 is 0 Å². The second-order valence-electron chi connectivity index (χ2n) is 5.93. The Balaban J connectivity index is 1.94. The highest BCUT2D eigenvalue weighted by atomic mass is 35.5. The number of fused-ring (bicyclic) bond motifs is 1. The van der Waals surface area contributed by atoms with Crippen LogP contribution in [0.2, 0.25) is 5.02 Å². The fraction of sp³-hybridized carbons (Fsp3) is 0.500. The molecule has 0 bridgehead atoms. The third kappa shape index (κ3) is 3.95. The highest BCUT2D eigenvalue weighted by Crippen LogP contribution is 2.35. The zero-order chi connectivity index (χ0) is 14.6. The first kappa shape index (κ1) is 15.8. The second-order valence-corrected chi connectivity index (χ2v) is 7.45. The minimum Gasteiger partial charge on any atom is -0.396 e. The lowest BCUT2D eigenvalue weighted by molar-refractivity contribution is 0.236. The lowest BCUT2D eigenvalue weighted by Gasteiger charge is -2.24. The van der Waals surface area contributed by atoms with Crippen LogP contribution in [0, 0.1) is 5.41 Å². The van der Waals surface area contributed by atoms with Crippen LogP contribution in [0.1, 0.15) is 31.6 Å². The summed E-state index contributed by atoms with van der Waals surface area (Å²) in [7, 11) is 0. The van der Waals surface area contributed by atoms with Crippen molar-refractivity contribution in [3.05, 3.63) is 34.2 Å². The summed E-state index contributed by atoms with van der Waals surface area (Å²) in [6, 6.07) is 8.25. The van der Waals surface area contributed by atoms with E-state index in [4.69, 9.17) is 16.7 Å². The number of aliphatic hydroxyl groups is 1. The molecule has 0 spiro atoms. The van der Waals surface area contributed by atoms with E-state index in [0.717, 1.165) is 36.3 Å². The van der Waals surface area contributed by atoms with Gasteiger partial charge >= 0.3 is 0 Å². The van der Waals surface area contributed by atoms with Crippen LogP contribution in [0.4, 0.5) is 0 Å². The maximum absolute atomic E-state index is 8.91. The summed E-state index contributed by atoms with van der Waals surface area (Å²) < 4.78 is 1.24. The molecule has 1 heterocycles. The number of thiophene rings is 1. The Morgan fingerprint density at radius 3 is 2.75 bits per heavy atom. The number of nitrogens with one attached hydrogen (secondary N) is 1. The quantitative estimate of drug-likeness (QED) is 0.792. The number of rotatable bonds is 7. The van der Waals surface area contributed by atoms with Crippen molar-refractivity contribution in [1.29, 1.82) is 0 Å². The summed E-state index contributed by atoms with van der Waals surface area (Å²) in [5.74, 6) is 0. The Hall–Kier alpha value is -0.610. The highest BCUT2D eigenvalue weighted by Gasteiger charge is 2.17. The zero-order valence-corrected chi connectivity index (χ0v) is 13.7. The molecule has 110 valence electrons. The molecule has 0 aliphatic carbocycles. The summed E-state index contributed by atoms with van der Waals surface area (Å²) >= 11 is 8.19. The average molecular weight is 312 g/mol. The van der Waals surface area contributed by atoms with Gasteiger partial charge in [0.15, 0.2) is 0 Å². The van der Waals surface area contributed by atoms with E-state index in [1.807, 2.05) is 12.1 Å². The number of hydrogen-bond acceptors (Lipinski definition) is 3. The maximum Gasteiger partial charge on any atom is 0.0636 e. The van der Waals surface area contributed by atoms with Gasteiger partial charge in [0.05, 0.1) is 5.02 Å². The van der Waals surface area contributed by atoms with E-state index in [9.17, 15) is 0 Å². The third-order valence-corrected chi connectivity index (χ3v) is 5.22. The minimum atomic E-state index is 0.200. The molecule has 2 N–H and O–H groups in total. The first-order valence-corrected chi connectivity index (χ1v) is 8.20. The molecule has 4 heteroatoms. The summed E-state index contributed by atoms with van der Waals surface area (Å²) in [6.45, 7) is 6.45. The predicted molar refractivity (Wildman–Crippen MR) is 88.6 cm³/mol. The molecule has 1 aromatic carbocycles. The molecule has 0 aliphatic rings. The number of hydrogen-bond donors (Lipinski definition) is 2. The van der Waals surface area contributed by atoms with E-state index in [-0.39, 0.29) is 12.0 Å². The molecule has 2 rings (SSSR count). The molecule has 0 saturated carbocycles. The smallest absolute Gasteiger partial charge is 0.0636 e. The molecule has 0 saturated heterocycles. The molecule has 0 atom stereocenters. The van der Waals surface area contributed by atoms with Gasteiger partial charge in [0.2, 0.25) is 0 Å². The average Bonchev–Trinajstić information content (AvgIpc) is 2.74. The van der Waals surface area contributed by atoms with Crippen LogP contribution in [0.5, 0.6) is 0 Å². The lowest BCUT2D eigenvalue weighted by Crippen LogP contribution is -2.29. The Kier molecular flexibility index (Phi) is 5.44. The fourth-order valence-corrected chi connectivity index (χ4v) is 3.81. The van der Waals surface area contributed by atoms with Crippen molar-refractivity contribution in [3.63, 3.8) is 0 Å². The third-order valence-electron chi connectivity index (χ3n) is 3.50. The van der Waals surface area contributed by atoms with Crippen LogP contribution in [0.3, 0.4) is 0 Å². The second kappa shape index (κ2) is 6.90. The van der Waals surface area contributed by atoms with Gasteiger partial charge < -0.3 is 10.4 Å². The van der Waals surface area contributed by atoms with Gasteiger partial charge in [0, 0.05) is 34.7 Å². The van der Waals surface area contributed by atoms with Gasteiger partial charge in [-0.1, -0.05) is 43.6 Å². The molecule has 0 aliphatic heterocycles. The molecule has 2 aromatic rings. The van der Waals surface area contributed by atoms with Gasteiger partial charge in [-0.3, -0.25) is 0 Å². The number of aliphatic hydroxyl groups excluding tert-OH is 1. The van der Waals surface area contributed by atoms with E-state index in [2.05, 4.69) is 31.3 Å². The summed E-state index contributed by atoms with van der Waals surface area (Å²) in [4.78, 5) is 1.20. The van der Waals surface area contributed by atoms with Crippen molar-refractivity contribution < 1.29 is 5.11 Å². The van der Waals surface area contributed by atoms with Gasteiger partial charge in [0.25, 0.3) is 0 Å². The molecule has 0 amide bonds. The van der Waals surface area contributed by atoms with Crippen molar-refractivity contribution in [2.75, 3.05) is 13.2 Å². The molecular weight excluding hydrogens is 290 g/mol. The molecule has 2 nitrogen and oxygen atoms in total. The molecule has 0 radical (unpaired) electrons. The summed E-state index contributed by atoms with van der Waals surface area (Å²) in [5.41, 5.74) is 0.200. The largest absolute Gasteiger partial charge is 0.396 e. The molecule has 0 unspecified atom stereocenters. The van der Waals surface area contributed by atoms with Crippen molar-refractivity contribution in [2.24, 2.45) is 5.41 Å². The number of halogens is 1. The van der Waals surface area contributed by atoms with Gasteiger partial charge in [-0.25, -0.2) is 0 Å². The van der Waals surface area contributed by atoms with E-state index in [0.29, 0.717) is 0 Å². The van der Waals surface area contributed by atoms with Crippen molar-refractivity contribution in [2.45, 2.75) is 33.2 Å².